The van der Waals surface area contributed by atoms with E-state index in [-0.39, 0.29) is 0 Å². The molecule has 3 nitrogen and oxygen atoms in total. The van der Waals surface area contributed by atoms with Crippen molar-refractivity contribution in [3.63, 3.8) is 0 Å². The molecular formula is C23H27NO2. The van der Waals surface area contributed by atoms with Crippen LogP contribution in [0.3, 0.4) is 0 Å². The summed E-state index contributed by atoms with van der Waals surface area (Å²) in [5.74, 6) is 2.07. The average molecular weight is 349 g/mol. The zero-order chi connectivity index (χ0) is 18.0. The van der Waals surface area contributed by atoms with Crippen molar-refractivity contribution in [3.05, 3.63) is 72.5 Å². The van der Waals surface area contributed by atoms with Crippen molar-refractivity contribution in [2.24, 2.45) is 10.9 Å². The molecule has 1 aliphatic carbocycles. The quantitative estimate of drug-likeness (QED) is 0.348. The Kier molecular flexibility index (Phi) is 6.88. The third-order valence-corrected chi connectivity index (χ3v) is 4.62. The van der Waals surface area contributed by atoms with E-state index in [9.17, 15) is 0 Å². The highest BCUT2D eigenvalue weighted by atomic mass is 16.5. The summed E-state index contributed by atoms with van der Waals surface area (Å²) >= 11 is 0. The summed E-state index contributed by atoms with van der Waals surface area (Å²) in [5, 5.41) is 0. The second-order valence-corrected chi connectivity index (χ2v) is 6.80. The van der Waals surface area contributed by atoms with Crippen molar-refractivity contribution in [2.75, 3.05) is 6.61 Å². The van der Waals surface area contributed by atoms with Gasteiger partial charge in [0.05, 0.1) is 18.6 Å². The fraction of sp³-hybridized carbons (Fsp3) is 0.348. The number of para-hydroxylation sites is 2. The zero-order valence-corrected chi connectivity index (χ0v) is 15.4. The van der Waals surface area contributed by atoms with Crippen LogP contribution in [0.15, 0.2) is 77.5 Å². The van der Waals surface area contributed by atoms with Crippen LogP contribution in [0.4, 0.5) is 5.69 Å². The number of benzene rings is 2. The first-order valence-corrected chi connectivity index (χ1v) is 9.46. The summed E-state index contributed by atoms with van der Waals surface area (Å²) < 4.78 is 11.9. The van der Waals surface area contributed by atoms with Gasteiger partial charge in [-0.15, -0.1) is 0 Å². The molecule has 0 amide bonds. The number of ether oxygens (including phenoxy) is 2. The van der Waals surface area contributed by atoms with Crippen molar-refractivity contribution < 1.29 is 9.47 Å². The van der Waals surface area contributed by atoms with Gasteiger partial charge in [0, 0.05) is 5.57 Å². The summed E-state index contributed by atoms with van der Waals surface area (Å²) in [4.78, 5) is 4.70. The largest absolute Gasteiger partial charge is 0.477 e. The molecule has 1 saturated carbocycles. The minimum absolute atomic E-state index is 0.632. The number of hydrogen-bond acceptors (Lipinski definition) is 3. The van der Waals surface area contributed by atoms with E-state index in [1.807, 2.05) is 67.6 Å². The second kappa shape index (κ2) is 9.81. The molecule has 0 N–H and O–H groups in total. The number of aliphatic imine (C=N–C) groups is 1. The molecule has 0 aliphatic heterocycles. The normalized spacial score (nSPS) is 16.3. The van der Waals surface area contributed by atoms with E-state index >= 15 is 0 Å². The lowest BCUT2D eigenvalue weighted by molar-refractivity contribution is 0.199. The van der Waals surface area contributed by atoms with Crippen molar-refractivity contribution in [1.82, 2.24) is 0 Å². The molecule has 0 spiro atoms. The standard InChI is InChI=1S/C23H27NO2/c1-19(17-25-22-15-9-4-10-16-22)23(24-21-13-7-3-8-14-21)26-18-20-11-5-2-6-12-20/h3-4,7-10,13-17,20H,2,5-6,11-12,18H2,1H3. The van der Waals surface area contributed by atoms with Crippen LogP contribution >= 0.6 is 0 Å². The highest BCUT2D eigenvalue weighted by Gasteiger charge is 2.16. The van der Waals surface area contributed by atoms with Gasteiger partial charge in [-0.1, -0.05) is 55.7 Å². The summed E-state index contributed by atoms with van der Waals surface area (Å²) in [5.41, 5.74) is 1.77. The SMILES string of the molecule is CC(=COc1ccccc1)C(=Nc1ccccc1)OCC1CCCCC1. The lowest BCUT2D eigenvalue weighted by atomic mass is 9.90. The Morgan fingerprint density at radius 2 is 1.62 bits per heavy atom. The first kappa shape index (κ1) is 18.2. The summed E-state index contributed by atoms with van der Waals surface area (Å²) in [6.07, 6.45) is 8.20. The smallest absolute Gasteiger partial charge is 0.219 e. The highest BCUT2D eigenvalue weighted by Crippen LogP contribution is 2.24. The lowest BCUT2D eigenvalue weighted by Gasteiger charge is -2.22. The molecule has 2 aromatic carbocycles. The minimum Gasteiger partial charge on any atom is -0.477 e. The van der Waals surface area contributed by atoms with E-state index < -0.39 is 0 Å². The molecular weight excluding hydrogens is 322 g/mol. The second-order valence-electron chi connectivity index (χ2n) is 6.80. The van der Waals surface area contributed by atoms with Crippen molar-refractivity contribution in [1.29, 1.82) is 0 Å². The van der Waals surface area contributed by atoms with E-state index in [4.69, 9.17) is 14.5 Å². The van der Waals surface area contributed by atoms with Crippen LogP contribution in [0.2, 0.25) is 0 Å². The summed E-state index contributed by atoms with van der Waals surface area (Å²) in [7, 11) is 0. The van der Waals surface area contributed by atoms with Gasteiger partial charge in [-0.05, 0) is 49.9 Å². The third kappa shape index (κ3) is 5.76. The van der Waals surface area contributed by atoms with Gasteiger partial charge in [-0.25, -0.2) is 4.99 Å². The van der Waals surface area contributed by atoms with E-state index in [1.54, 1.807) is 6.26 Å². The van der Waals surface area contributed by atoms with Crippen molar-refractivity contribution in [2.45, 2.75) is 39.0 Å². The Morgan fingerprint density at radius 1 is 0.962 bits per heavy atom. The molecule has 2 aromatic rings. The van der Waals surface area contributed by atoms with Gasteiger partial charge < -0.3 is 9.47 Å². The van der Waals surface area contributed by atoms with Gasteiger partial charge in [0.25, 0.3) is 0 Å². The molecule has 1 aliphatic rings. The molecule has 0 unspecified atom stereocenters. The van der Waals surface area contributed by atoms with Crippen LogP contribution < -0.4 is 4.74 Å². The van der Waals surface area contributed by atoms with Gasteiger partial charge in [0.2, 0.25) is 5.90 Å². The Balaban J connectivity index is 1.71. The van der Waals surface area contributed by atoms with E-state index in [2.05, 4.69) is 0 Å². The van der Waals surface area contributed by atoms with Gasteiger partial charge in [0.15, 0.2) is 0 Å². The Labute approximate surface area is 156 Å². The topological polar surface area (TPSA) is 30.8 Å². The number of nitrogens with zero attached hydrogens (tertiary/aromatic N) is 1. The maximum Gasteiger partial charge on any atom is 0.219 e. The fourth-order valence-electron chi connectivity index (χ4n) is 3.11. The van der Waals surface area contributed by atoms with Crippen LogP contribution in [0.5, 0.6) is 5.75 Å². The molecule has 3 rings (SSSR count). The van der Waals surface area contributed by atoms with Crippen LogP contribution in [0, 0.1) is 5.92 Å². The molecule has 0 saturated heterocycles. The average Bonchev–Trinajstić information content (AvgIpc) is 2.71. The van der Waals surface area contributed by atoms with E-state index in [0.29, 0.717) is 11.8 Å². The Hall–Kier alpha value is -2.55. The Morgan fingerprint density at radius 3 is 2.31 bits per heavy atom. The molecule has 0 heterocycles. The predicted molar refractivity (Wildman–Crippen MR) is 107 cm³/mol. The van der Waals surface area contributed by atoms with Gasteiger partial charge in [-0.3, -0.25) is 0 Å². The molecule has 0 aromatic heterocycles. The maximum absolute atomic E-state index is 6.14. The highest BCUT2D eigenvalue weighted by molar-refractivity contribution is 5.94. The van der Waals surface area contributed by atoms with Gasteiger partial charge >= 0.3 is 0 Å². The van der Waals surface area contributed by atoms with Crippen LogP contribution in [-0.2, 0) is 4.74 Å². The lowest BCUT2D eigenvalue weighted by Crippen LogP contribution is -2.17. The van der Waals surface area contributed by atoms with Crippen molar-refractivity contribution >= 4 is 11.6 Å². The van der Waals surface area contributed by atoms with Crippen LogP contribution in [0.1, 0.15) is 39.0 Å². The Bertz CT molecular complexity index is 716. The monoisotopic (exact) mass is 349 g/mol. The molecule has 136 valence electrons. The third-order valence-electron chi connectivity index (χ3n) is 4.62. The predicted octanol–water partition coefficient (Wildman–Crippen LogP) is 6.30. The molecule has 0 radical (unpaired) electrons. The fourth-order valence-corrected chi connectivity index (χ4v) is 3.11. The summed E-state index contributed by atoms with van der Waals surface area (Å²) in [6, 6.07) is 19.7. The van der Waals surface area contributed by atoms with Crippen molar-refractivity contribution in [3.8, 4) is 5.75 Å². The zero-order valence-electron chi connectivity index (χ0n) is 15.4. The van der Waals surface area contributed by atoms with E-state index in [1.165, 1.54) is 32.1 Å². The first-order valence-electron chi connectivity index (χ1n) is 9.46. The van der Waals surface area contributed by atoms with Gasteiger partial charge in [-0.2, -0.15) is 0 Å². The molecule has 0 bridgehead atoms. The number of rotatable bonds is 6. The first-order chi connectivity index (χ1) is 12.8. The minimum atomic E-state index is 0.632. The molecule has 1 fully saturated rings. The summed E-state index contributed by atoms with van der Waals surface area (Å²) in [6.45, 7) is 2.70. The van der Waals surface area contributed by atoms with E-state index in [0.717, 1.165) is 23.6 Å². The molecule has 3 heteroatoms. The molecule has 26 heavy (non-hydrogen) atoms. The number of hydrogen-bond donors (Lipinski definition) is 0. The van der Waals surface area contributed by atoms with Crippen LogP contribution in [0.25, 0.3) is 0 Å². The van der Waals surface area contributed by atoms with Crippen LogP contribution in [-0.4, -0.2) is 12.5 Å². The maximum atomic E-state index is 6.14. The van der Waals surface area contributed by atoms with Gasteiger partial charge in [0.1, 0.15) is 5.75 Å². The molecule has 0 atom stereocenters.